The predicted molar refractivity (Wildman–Crippen MR) is 164 cm³/mol. The molecule has 42 heavy (non-hydrogen) atoms. The van der Waals surface area contributed by atoms with Crippen LogP contribution in [-0.2, 0) is 24.0 Å². The molecule has 6 heteroatoms. The van der Waals surface area contributed by atoms with Crippen LogP contribution in [0.4, 0.5) is 0 Å². The van der Waals surface area contributed by atoms with Crippen LogP contribution in [0.3, 0.4) is 0 Å². The molecule has 0 aromatic carbocycles. The minimum absolute atomic E-state index is 0.0319. The van der Waals surface area contributed by atoms with Crippen molar-refractivity contribution in [1.82, 2.24) is 5.06 Å². The van der Waals surface area contributed by atoms with Crippen LogP contribution < -0.4 is 0 Å². The van der Waals surface area contributed by atoms with Gasteiger partial charge in [-0.2, -0.15) is 0 Å². The molecule has 236 valence electrons. The second kappa shape index (κ2) is 9.91. The first-order chi connectivity index (χ1) is 19.3. The van der Waals surface area contributed by atoms with E-state index < -0.39 is 5.41 Å². The Balaban J connectivity index is 1.54. The highest BCUT2D eigenvalue weighted by atomic mass is 16.7. The largest absolute Gasteiger partial charge is 0.462 e. The maximum atomic E-state index is 14.6. The molecule has 5 aliphatic carbocycles. The lowest BCUT2D eigenvalue weighted by Gasteiger charge is -2.70. The van der Waals surface area contributed by atoms with Gasteiger partial charge in [0.1, 0.15) is 6.10 Å². The zero-order valence-corrected chi connectivity index (χ0v) is 28.3. The van der Waals surface area contributed by atoms with Crippen LogP contribution in [0.5, 0.6) is 0 Å². The first-order valence-electron chi connectivity index (χ1n) is 16.6. The Labute approximate surface area is 254 Å². The minimum atomic E-state index is -0.521. The number of allylic oxidation sites excluding steroid dienone is 2. The van der Waals surface area contributed by atoms with E-state index in [-0.39, 0.29) is 62.9 Å². The normalized spacial score (nSPS) is 46.0. The number of carbonyl (C=O) groups excluding carboxylic acids is 3. The molecule has 0 heterocycles. The molecule has 1 amide bonds. The van der Waals surface area contributed by atoms with Gasteiger partial charge in [-0.1, -0.05) is 54.0 Å². The second-order valence-electron chi connectivity index (χ2n) is 17.1. The standard InChI is InChI=1S/C36H57NO5/c1-22(2)37(41-11)30(40)33(7)17-16-32(6)18-19-35(9)24(25(32)21-33)20-26(39)29-34(8)14-13-28(42-23(3)38)31(4,5)27(34)12-15-36(29,35)10/h20,22,25,27-29H,12-19,21H2,1-11H3/t25-,27?,28-,29+,32+,33-,34-,35+,36+/m0/s1. The number of fused-ring (bicyclic) bond motifs is 7. The number of ketones is 1. The molecule has 1 unspecified atom stereocenters. The summed E-state index contributed by atoms with van der Waals surface area (Å²) >= 11 is 0. The van der Waals surface area contributed by atoms with Gasteiger partial charge in [0.2, 0.25) is 0 Å². The van der Waals surface area contributed by atoms with Crippen molar-refractivity contribution in [3.63, 3.8) is 0 Å². The molecule has 0 radical (unpaired) electrons. The lowest BCUT2D eigenvalue weighted by atomic mass is 9.33. The fraction of sp³-hybridized carbons (Fsp3) is 0.861. The molecule has 4 saturated carbocycles. The molecule has 6 nitrogen and oxygen atoms in total. The van der Waals surface area contributed by atoms with Gasteiger partial charge < -0.3 is 4.74 Å². The van der Waals surface area contributed by atoms with E-state index in [4.69, 9.17) is 9.57 Å². The molecule has 5 aliphatic rings. The summed E-state index contributed by atoms with van der Waals surface area (Å²) in [5.41, 5.74) is 0.305. The third-order valence-corrected chi connectivity index (χ3v) is 14.2. The predicted octanol–water partition coefficient (Wildman–Crippen LogP) is 7.70. The van der Waals surface area contributed by atoms with Crippen molar-refractivity contribution < 1.29 is 24.0 Å². The number of hydroxylamine groups is 2. The molecule has 0 saturated heterocycles. The number of hydrogen-bond acceptors (Lipinski definition) is 5. The Bertz CT molecular complexity index is 1190. The van der Waals surface area contributed by atoms with Gasteiger partial charge in [0.15, 0.2) is 5.78 Å². The average molecular weight is 584 g/mol. The minimum Gasteiger partial charge on any atom is -0.462 e. The Morgan fingerprint density at radius 3 is 2.17 bits per heavy atom. The summed E-state index contributed by atoms with van der Waals surface area (Å²) in [6.45, 7) is 21.8. The van der Waals surface area contributed by atoms with Crippen molar-refractivity contribution in [1.29, 1.82) is 0 Å². The number of nitrogens with zero attached hydrogens (tertiary/aromatic N) is 1. The van der Waals surface area contributed by atoms with Crippen molar-refractivity contribution >= 4 is 17.7 Å². The molecule has 9 atom stereocenters. The first kappa shape index (κ1) is 31.7. The second-order valence-corrected chi connectivity index (χ2v) is 17.1. The van der Waals surface area contributed by atoms with Crippen molar-refractivity contribution in [2.75, 3.05) is 7.11 Å². The van der Waals surface area contributed by atoms with E-state index in [0.29, 0.717) is 11.7 Å². The molecular weight excluding hydrogens is 526 g/mol. The van der Waals surface area contributed by atoms with Gasteiger partial charge in [0.25, 0.3) is 5.91 Å². The molecule has 0 aromatic heterocycles. The Morgan fingerprint density at radius 1 is 0.929 bits per heavy atom. The number of carbonyl (C=O) groups is 3. The fourth-order valence-electron chi connectivity index (χ4n) is 11.6. The van der Waals surface area contributed by atoms with E-state index in [2.05, 4.69) is 54.5 Å². The van der Waals surface area contributed by atoms with E-state index in [1.807, 2.05) is 13.8 Å². The molecule has 0 aliphatic heterocycles. The Morgan fingerprint density at radius 2 is 1.57 bits per heavy atom. The average Bonchev–Trinajstić information content (AvgIpc) is 2.88. The smallest absolute Gasteiger partial charge is 0.302 e. The molecule has 0 bridgehead atoms. The molecule has 5 rings (SSSR count). The summed E-state index contributed by atoms with van der Waals surface area (Å²) in [4.78, 5) is 46.1. The third-order valence-electron chi connectivity index (χ3n) is 14.2. The van der Waals surface area contributed by atoms with Gasteiger partial charge in [-0.3, -0.25) is 19.2 Å². The summed E-state index contributed by atoms with van der Waals surface area (Å²) in [7, 11) is 1.59. The van der Waals surface area contributed by atoms with Gasteiger partial charge in [-0.25, -0.2) is 5.06 Å². The van der Waals surface area contributed by atoms with Gasteiger partial charge in [0.05, 0.1) is 13.2 Å². The van der Waals surface area contributed by atoms with Crippen LogP contribution in [0.2, 0.25) is 0 Å². The Kier molecular flexibility index (Phi) is 7.48. The zero-order valence-electron chi connectivity index (χ0n) is 28.3. The van der Waals surface area contributed by atoms with Crippen LogP contribution in [0.15, 0.2) is 11.6 Å². The number of ether oxygens (including phenoxy) is 1. The topological polar surface area (TPSA) is 72.9 Å². The summed E-state index contributed by atoms with van der Waals surface area (Å²) < 4.78 is 5.87. The zero-order chi connectivity index (χ0) is 31.3. The maximum absolute atomic E-state index is 14.6. The summed E-state index contributed by atoms with van der Waals surface area (Å²) in [5.74, 6) is 0.609. The highest BCUT2D eigenvalue weighted by Gasteiger charge is 2.70. The number of hydrogen-bond donors (Lipinski definition) is 0. The van der Waals surface area contributed by atoms with Gasteiger partial charge in [0, 0.05) is 23.7 Å². The number of esters is 1. The number of amides is 1. The monoisotopic (exact) mass is 583 g/mol. The van der Waals surface area contributed by atoms with E-state index in [9.17, 15) is 14.4 Å². The lowest BCUT2D eigenvalue weighted by Crippen LogP contribution is -2.67. The number of rotatable bonds is 4. The van der Waals surface area contributed by atoms with E-state index in [0.717, 1.165) is 57.8 Å². The molecular formula is C36H57NO5. The van der Waals surface area contributed by atoms with Crippen molar-refractivity contribution in [3.05, 3.63) is 11.6 Å². The van der Waals surface area contributed by atoms with Gasteiger partial charge >= 0.3 is 5.97 Å². The van der Waals surface area contributed by atoms with Crippen LogP contribution >= 0.6 is 0 Å². The fourth-order valence-corrected chi connectivity index (χ4v) is 11.6. The van der Waals surface area contributed by atoms with Crippen LogP contribution in [-0.4, -0.2) is 42.0 Å². The highest BCUT2D eigenvalue weighted by molar-refractivity contribution is 5.95. The van der Waals surface area contributed by atoms with Crippen LogP contribution in [0.1, 0.15) is 127 Å². The molecule has 0 spiro atoms. The van der Waals surface area contributed by atoms with Crippen molar-refractivity contribution in [2.45, 2.75) is 139 Å². The van der Waals surface area contributed by atoms with Crippen molar-refractivity contribution in [3.8, 4) is 0 Å². The van der Waals surface area contributed by atoms with Crippen LogP contribution in [0.25, 0.3) is 0 Å². The SMILES string of the molecule is CON(C(=O)[C@@]1(C)CC[C@]2(C)CC[C@]3(C)C(=CC(=O)[C@@H]4[C@@]5(C)CC[C@H](OC(C)=O)C(C)(C)C5CC[C@]43C)[C@@H]2C1)C(C)C. The van der Waals surface area contributed by atoms with E-state index >= 15 is 0 Å². The maximum Gasteiger partial charge on any atom is 0.302 e. The highest BCUT2D eigenvalue weighted by Crippen LogP contribution is 2.75. The van der Waals surface area contributed by atoms with Gasteiger partial charge in [-0.05, 0) is 111 Å². The van der Waals surface area contributed by atoms with Gasteiger partial charge in [-0.15, -0.1) is 0 Å². The summed E-state index contributed by atoms with van der Waals surface area (Å²) in [6, 6.07) is -0.0319. The summed E-state index contributed by atoms with van der Waals surface area (Å²) in [5, 5.41) is 1.55. The molecule has 0 aromatic rings. The quantitative estimate of drug-likeness (QED) is 0.251. The van der Waals surface area contributed by atoms with E-state index in [1.165, 1.54) is 12.5 Å². The first-order valence-corrected chi connectivity index (χ1v) is 16.6. The Hall–Kier alpha value is -1.69. The molecule has 4 fully saturated rings. The van der Waals surface area contributed by atoms with Crippen LogP contribution in [0, 0.1) is 50.2 Å². The molecule has 0 N–H and O–H groups in total. The third kappa shape index (κ3) is 4.23. The van der Waals surface area contributed by atoms with Crippen molar-refractivity contribution in [2.24, 2.45) is 50.2 Å². The summed E-state index contributed by atoms with van der Waals surface area (Å²) in [6.07, 6.45) is 10.5. The lowest BCUT2D eigenvalue weighted by molar-refractivity contribution is -0.212. The van der Waals surface area contributed by atoms with E-state index in [1.54, 1.807) is 12.2 Å².